The van der Waals surface area contributed by atoms with Gasteiger partial charge < -0.3 is 5.32 Å². The van der Waals surface area contributed by atoms with Crippen molar-refractivity contribution in [3.05, 3.63) is 62.4 Å². The molecular weight excluding hydrogens is 356 g/mol. The van der Waals surface area contributed by atoms with E-state index in [0.29, 0.717) is 0 Å². The first-order chi connectivity index (χ1) is 13.0. The number of anilines is 1. The van der Waals surface area contributed by atoms with Gasteiger partial charge in [0.05, 0.1) is 0 Å². The van der Waals surface area contributed by atoms with E-state index in [0.717, 1.165) is 43.9 Å². The van der Waals surface area contributed by atoms with Gasteiger partial charge in [-0.1, -0.05) is 12.8 Å². The van der Waals surface area contributed by atoms with Crippen LogP contribution in [0.25, 0.3) is 11.0 Å². The van der Waals surface area contributed by atoms with Crippen molar-refractivity contribution in [1.29, 1.82) is 0 Å². The molecule has 27 heavy (non-hydrogen) atoms. The SMILES string of the molecule is O=c1[nH]c2nc(NCc3cc(F)ccc3F)ncc2c(=O)n1C1CCCC1. The minimum atomic E-state index is -0.558. The van der Waals surface area contributed by atoms with Gasteiger partial charge in [0.25, 0.3) is 5.56 Å². The van der Waals surface area contributed by atoms with E-state index in [4.69, 9.17) is 0 Å². The number of nitrogens with one attached hydrogen (secondary N) is 2. The van der Waals surface area contributed by atoms with Crippen LogP contribution in [-0.2, 0) is 6.54 Å². The van der Waals surface area contributed by atoms with Gasteiger partial charge >= 0.3 is 5.69 Å². The number of hydrogen-bond acceptors (Lipinski definition) is 5. The predicted octanol–water partition coefficient (Wildman–Crippen LogP) is 2.49. The van der Waals surface area contributed by atoms with Crippen molar-refractivity contribution in [3.63, 3.8) is 0 Å². The number of aromatic amines is 1. The molecule has 0 radical (unpaired) electrons. The summed E-state index contributed by atoms with van der Waals surface area (Å²) in [4.78, 5) is 35.8. The van der Waals surface area contributed by atoms with Gasteiger partial charge in [0.1, 0.15) is 17.0 Å². The van der Waals surface area contributed by atoms with Crippen LogP contribution >= 0.6 is 0 Å². The van der Waals surface area contributed by atoms with Crippen molar-refractivity contribution in [3.8, 4) is 0 Å². The molecule has 1 saturated carbocycles. The molecule has 1 aromatic carbocycles. The maximum atomic E-state index is 13.7. The zero-order chi connectivity index (χ0) is 19.0. The second-order valence-corrected chi connectivity index (χ2v) is 6.59. The highest BCUT2D eigenvalue weighted by Crippen LogP contribution is 2.27. The molecule has 0 amide bonds. The van der Waals surface area contributed by atoms with Crippen LogP contribution < -0.4 is 16.6 Å². The summed E-state index contributed by atoms with van der Waals surface area (Å²) in [5, 5.41) is 2.98. The molecule has 2 N–H and O–H groups in total. The fourth-order valence-corrected chi connectivity index (χ4v) is 3.45. The van der Waals surface area contributed by atoms with Crippen LogP contribution in [0.4, 0.5) is 14.7 Å². The predicted molar refractivity (Wildman–Crippen MR) is 95.6 cm³/mol. The van der Waals surface area contributed by atoms with Crippen molar-refractivity contribution >= 4 is 17.0 Å². The Hall–Kier alpha value is -3.10. The maximum absolute atomic E-state index is 13.7. The summed E-state index contributed by atoms with van der Waals surface area (Å²) in [5.74, 6) is -1.01. The standard InChI is InChI=1S/C18H17F2N5O2/c19-11-5-6-14(20)10(7-11)8-21-17-22-9-13-15(23-17)24-18(27)25(16(13)26)12-3-1-2-4-12/h5-7,9,12H,1-4,8H2,(H2,21,22,23,24,27). The molecule has 0 spiro atoms. The van der Waals surface area contributed by atoms with E-state index in [2.05, 4.69) is 20.3 Å². The number of hydrogen-bond donors (Lipinski definition) is 2. The fourth-order valence-electron chi connectivity index (χ4n) is 3.45. The Morgan fingerprint density at radius 2 is 2.00 bits per heavy atom. The van der Waals surface area contributed by atoms with Crippen LogP contribution in [0.15, 0.2) is 34.0 Å². The molecule has 0 saturated heterocycles. The van der Waals surface area contributed by atoms with E-state index >= 15 is 0 Å². The molecule has 1 aliphatic rings. The van der Waals surface area contributed by atoms with Crippen molar-refractivity contribution in [2.45, 2.75) is 38.3 Å². The molecule has 3 aromatic rings. The Balaban J connectivity index is 1.64. The Labute approximate surface area is 152 Å². The summed E-state index contributed by atoms with van der Waals surface area (Å²) in [6.45, 7) is -0.0432. The molecule has 7 nitrogen and oxygen atoms in total. The van der Waals surface area contributed by atoms with Gasteiger partial charge in [-0.05, 0) is 31.0 Å². The van der Waals surface area contributed by atoms with Crippen LogP contribution in [0.2, 0.25) is 0 Å². The third-order valence-electron chi connectivity index (χ3n) is 4.82. The van der Waals surface area contributed by atoms with E-state index in [-0.39, 0.29) is 35.1 Å². The minimum Gasteiger partial charge on any atom is -0.350 e. The number of rotatable bonds is 4. The Bertz CT molecular complexity index is 1120. The normalized spacial score (nSPS) is 14.7. The second-order valence-electron chi connectivity index (χ2n) is 6.59. The second kappa shape index (κ2) is 6.90. The Morgan fingerprint density at radius 1 is 1.22 bits per heavy atom. The molecular formula is C18H17F2N5O2. The average Bonchev–Trinajstić information content (AvgIpc) is 3.16. The van der Waals surface area contributed by atoms with Gasteiger partial charge in [0.2, 0.25) is 5.95 Å². The minimum absolute atomic E-state index is 0.0432. The molecule has 4 rings (SSSR count). The number of halogens is 2. The number of aromatic nitrogens is 4. The third-order valence-corrected chi connectivity index (χ3v) is 4.82. The third kappa shape index (κ3) is 3.32. The zero-order valence-corrected chi connectivity index (χ0v) is 14.3. The summed E-state index contributed by atoms with van der Waals surface area (Å²) in [5.41, 5.74) is -0.691. The average molecular weight is 373 g/mol. The van der Waals surface area contributed by atoms with Crippen LogP contribution in [0, 0.1) is 11.6 Å². The lowest BCUT2D eigenvalue weighted by atomic mass is 10.2. The number of nitrogens with zero attached hydrogens (tertiary/aromatic N) is 3. The molecule has 2 heterocycles. The summed E-state index contributed by atoms with van der Waals surface area (Å²) < 4.78 is 28.2. The summed E-state index contributed by atoms with van der Waals surface area (Å²) in [7, 11) is 0. The van der Waals surface area contributed by atoms with Gasteiger partial charge in [0.15, 0.2) is 5.65 Å². The van der Waals surface area contributed by atoms with Gasteiger partial charge in [-0.25, -0.2) is 18.6 Å². The highest BCUT2D eigenvalue weighted by atomic mass is 19.1. The summed E-state index contributed by atoms with van der Waals surface area (Å²) in [6, 6.07) is 3.05. The number of H-pyrrole nitrogens is 1. The van der Waals surface area contributed by atoms with Crippen LogP contribution in [0.5, 0.6) is 0 Å². The van der Waals surface area contributed by atoms with Gasteiger partial charge in [-0.3, -0.25) is 14.3 Å². The number of benzene rings is 1. The first-order valence-corrected chi connectivity index (χ1v) is 8.72. The smallest absolute Gasteiger partial charge is 0.330 e. The van der Waals surface area contributed by atoms with E-state index in [1.54, 1.807) is 0 Å². The monoisotopic (exact) mass is 373 g/mol. The highest BCUT2D eigenvalue weighted by molar-refractivity contribution is 5.73. The lowest BCUT2D eigenvalue weighted by Gasteiger charge is -2.13. The molecule has 0 bridgehead atoms. The van der Waals surface area contributed by atoms with Crippen LogP contribution in [0.3, 0.4) is 0 Å². The van der Waals surface area contributed by atoms with E-state index in [1.807, 2.05) is 0 Å². The summed E-state index contributed by atoms with van der Waals surface area (Å²) >= 11 is 0. The van der Waals surface area contributed by atoms with Gasteiger partial charge in [-0.2, -0.15) is 4.98 Å². The van der Waals surface area contributed by atoms with Crippen molar-refractivity contribution in [1.82, 2.24) is 19.5 Å². The lowest BCUT2D eigenvalue weighted by molar-refractivity contribution is 0.483. The van der Waals surface area contributed by atoms with Crippen molar-refractivity contribution in [2.75, 3.05) is 5.32 Å². The Morgan fingerprint density at radius 3 is 2.78 bits per heavy atom. The molecule has 9 heteroatoms. The first-order valence-electron chi connectivity index (χ1n) is 8.72. The van der Waals surface area contributed by atoms with E-state index < -0.39 is 22.9 Å². The zero-order valence-electron chi connectivity index (χ0n) is 14.3. The molecule has 1 fully saturated rings. The lowest BCUT2D eigenvalue weighted by Crippen LogP contribution is -2.37. The van der Waals surface area contributed by atoms with Gasteiger partial charge in [0, 0.05) is 24.3 Å². The Kier molecular flexibility index (Phi) is 4.43. The number of fused-ring (bicyclic) bond motifs is 1. The van der Waals surface area contributed by atoms with Crippen molar-refractivity contribution < 1.29 is 8.78 Å². The van der Waals surface area contributed by atoms with E-state index in [9.17, 15) is 18.4 Å². The molecule has 0 aliphatic heterocycles. The summed E-state index contributed by atoms with van der Waals surface area (Å²) in [6.07, 6.45) is 4.91. The molecule has 2 aromatic heterocycles. The molecule has 1 aliphatic carbocycles. The van der Waals surface area contributed by atoms with Crippen LogP contribution in [-0.4, -0.2) is 19.5 Å². The fraction of sp³-hybridized carbons (Fsp3) is 0.333. The molecule has 0 unspecified atom stereocenters. The van der Waals surface area contributed by atoms with Gasteiger partial charge in [-0.15, -0.1) is 0 Å². The quantitative estimate of drug-likeness (QED) is 0.733. The maximum Gasteiger partial charge on any atom is 0.330 e. The highest BCUT2D eigenvalue weighted by Gasteiger charge is 2.22. The molecule has 0 atom stereocenters. The first kappa shape index (κ1) is 17.3. The van der Waals surface area contributed by atoms with Crippen molar-refractivity contribution in [2.24, 2.45) is 0 Å². The van der Waals surface area contributed by atoms with Crippen LogP contribution in [0.1, 0.15) is 37.3 Å². The topological polar surface area (TPSA) is 92.7 Å². The molecule has 140 valence electrons. The largest absolute Gasteiger partial charge is 0.350 e. The van der Waals surface area contributed by atoms with E-state index in [1.165, 1.54) is 10.8 Å².